The Bertz CT molecular complexity index is 764. The number of nitrogens with zero attached hydrogens (tertiary/aromatic N) is 4. The Labute approximate surface area is 145 Å². The minimum Gasteiger partial charge on any atom is -0.372 e. The van der Waals surface area contributed by atoms with E-state index in [1.165, 1.54) is 4.80 Å². The highest BCUT2D eigenvalue weighted by atomic mass is 16.5. The summed E-state index contributed by atoms with van der Waals surface area (Å²) >= 11 is 0. The van der Waals surface area contributed by atoms with E-state index in [1.807, 2.05) is 44.2 Å². The monoisotopic (exact) mass is 343 g/mol. The molecule has 0 aliphatic carbocycles. The van der Waals surface area contributed by atoms with Crippen molar-refractivity contribution < 1.29 is 14.3 Å². The molecule has 1 N–H and O–H groups in total. The number of para-hydroxylation sites is 1. The van der Waals surface area contributed by atoms with Crippen molar-refractivity contribution in [3.05, 3.63) is 41.7 Å². The molecular formula is C17H21N5O3. The third-order valence-corrected chi connectivity index (χ3v) is 3.91. The number of carbonyl (C=O) groups is 2. The summed E-state index contributed by atoms with van der Waals surface area (Å²) in [5.74, 6) is -0.559. The quantitative estimate of drug-likeness (QED) is 0.893. The summed E-state index contributed by atoms with van der Waals surface area (Å²) in [5.41, 5.74) is 1.33. The van der Waals surface area contributed by atoms with E-state index < -0.39 is 11.9 Å². The van der Waals surface area contributed by atoms with E-state index in [0.717, 1.165) is 5.69 Å². The Morgan fingerprint density at radius 3 is 2.40 bits per heavy atom. The average Bonchev–Trinajstić information content (AvgIpc) is 2.96. The molecule has 8 nitrogen and oxygen atoms in total. The van der Waals surface area contributed by atoms with Gasteiger partial charge in [-0.2, -0.15) is 9.90 Å². The number of hydrogen-bond donors (Lipinski definition) is 1. The average molecular weight is 343 g/mol. The predicted octanol–water partition coefficient (Wildman–Crippen LogP) is 1.53. The number of benzene rings is 1. The minimum atomic E-state index is -0.559. The van der Waals surface area contributed by atoms with Crippen molar-refractivity contribution in [1.29, 1.82) is 0 Å². The molecule has 1 aromatic carbocycles. The third kappa shape index (κ3) is 3.85. The van der Waals surface area contributed by atoms with Crippen LogP contribution in [0, 0.1) is 6.92 Å². The fourth-order valence-corrected chi connectivity index (χ4v) is 2.84. The summed E-state index contributed by atoms with van der Waals surface area (Å²) < 4.78 is 5.60. The van der Waals surface area contributed by atoms with Crippen LogP contribution in [-0.2, 0) is 4.74 Å². The molecule has 3 rings (SSSR count). The van der Waals surface area contributed by atoms with Crippen LogP contribution >= 0.6 is 0 Å². The van der Waals surface area contributed by atoms with E-state index in [4.69, 9.17) is 4.74 Å². The second-order valence-electron chi connectivity index (χ2n) is 6.18. The molecule has 1 aliphatic heterocycles. The van der Waals surface area contributed by atoms with Gasteiger partial charge in [-0.1, -0.05) is 18.2 Å². The van der Waals surface area contributed by atoms with Crippen LogP contribution in [0.3, 0.4) is 0 Å². The van der Waals surface area contributed by atoms with Crippen molar-refractivity contribution in [1.82, 2.24) is 25.2 Å². The molecular weight excluding hydrogens is 322 g/mol. The number of carbonyl (C=O) groups excluding carboxylic acids is 2. The van der Waals surface area contributed by atoms with E-state index >= 15 is 0 Å². The Morgan fingerprint density at radius 1 is 1.12 bits per heavy atom. The van der Waals surface area contributed by atoms with Crippen molar-refractivity contribution in [2.45, 2.75) is 33.0 Å². The van der Waals surface area contributed by atoms with Gasteiger partial charge >= 0.3 is 6.03 Å². The van der Waals surface area contributed by atoms with Crippen LogP contribution in [0.25, 0.3) is 5.69 Å². The van der Waals surface area contributed by atoms with Gasteiger partial charge in [-0.05, 0) is 32.9 Å². The number of amides is 3. The Balaban J connectivity index is 1.71. The lowest BCUT2D eigenvalue weighted by Gasteiger charge is -2.34. The molecule has 1 aromatic heterocycles. The zero-order valence-corrected chi connectivity index (χ0v) is 14.5. The standard InChI is InChI=1S/C17H21N5O3/c1-11-9-21(10-12(2)25-11)17(24)18-16(23)15-13(3)19-22(20-15)14-7-5-4-6-8-14/h4-8,11-12H,9-10H2,1-3H3,(H,18,23,24)/t11-,12-/m0/s1. The molecule has 1 saturated heterocycles. The molecule has 1 fully saturated rings. The number of aryl methyl sites for hydroxylation is 1. The lowest BCUT2D eigenvalue weighted by molar-refractivity contribution is -0.0543. The second kappa shape index (κ2) is 7.02. The molecule has 0 bridgehead atoms. The maximum Gasteiger partial charge on any atom is 0.324 e. The maximum absolute atomic E-state index is 12.4. The highest BCUT2D eigenvalue weighted by Crippen LogP contribution is 2.12. The topological polar surface area (TPSA) is 89.3 Å². The van der Waals surface area contributed by atoms with Crippen molar-refractivity contribution in [3.8, 4) is 5.69 Å². The number of morpholine rings is 1. The molecule has 25 heavy (non-hydrogen) atoms. The van der Waals surface area contributed by atoms with Gasteiger partial charge in [-0.15, -0.1) is 5.10 Å². The molecule has 2 aromatic rings. The first kappa shape index (κ1) is 17.1. The zero-order chi connectivity index (χ0) is 18.0. The van der Waals surface area contributed by atoms with Gasteiger partial charge < -0.3 is 9.64 Å². The van der Waals surface area contributed by atoms with Crippen LogP contribution in [0.1, 0.15) is 30.0 Å². The van der Waals surface area contributed by atoms with E-state index in [9.17, 15) is 9.59 Å². The molecule has 0 saturated carbocycles. The first-order valence-electron chi connectivity index (χ1n) is 8.19. The Hall–Kier alpha value is -2.74. The third-order valence-electron chi connectivity index (χ3n) is 3.91. The van der Waals surface area contributed by atoms with E-state index in [2.05, 4.69) is 15.5 Å². The highest BCUT2D eigenvalue weighted by molar-refractivity contribution is 6.03. The van der Waals surface area contributed by atoms with Crippen LogP contribution in [0.4, 0.5) is 4.79 Å². The first-order valence-corrected chi connectivity index (χ1v) is 8.19. The number of hydrogen-bond acceptors (Lipinski definition) is 5. The van der Waals surface area contributed by atoms with Gasteiger partial charge in [-0.25, -0.2) is 4.79 Å². The molecule has 1 aliphatic rings. The molecule has 2 heterocycles. The van der Waals surface area contributed by atoms with E-state index in [1.54, 1.807) is 11.8 Å². The summed E-state index contributed by atoms with van der Waals surface area (Å²) in [6, 6.07) is 8.83. The van der Waals surface area contributed by atoms with Gasteiger partial charge in [0.25, 0.3) is 5.91 Å². The molecule has 0 radical (unpaired) electrons. The summed E-state index contributed by atoms with van der Waals surface area (Å²) in [7, 11) is 0. The SMILES string of the molecule is Cc1nn(-c2ccccc2)nc1C(=O)NC(=O)N1C[C@H](C)O[C@@H](C)C1. The van der Waals surface area contributed by atoms with Gasteiger partial charge in [0.05, 0.1) is 23.6 Å². The Morgan fingerprint density at radius 2 is 1.76 bits per heavy atom. The van der Waals surface area contributed by atoms with Gasteiger partial charge in [-0.3, -0.25) is 10.1 Å². The van der Waals surface area contributed by atoms with Crippen molar-refractivity contribution in [2.75, 3.05) is 13.1 Å². The van der Waals surface area contributed by atoms with E-state index in [0.29, 0.717) is 18.8 Å². The first-order chi connectivity index (χ1) is 11.9. The van der Waals surface area contributed by atoms with Crippen LogP contribution in [0.15, 0.2) is 30.3 Å². The lowest BCUT2D eigenvalue weighted by atomic mass is 10.2. The van der Waals surface area contributed by atoms with Crippen LogP contribution in [0.2, 0.25) is 0 Å². The number of aromatic nitrogens is 3. The maximum atomic E-state index is 12.4. The van der Waals surface area contributed by atoms with Gasteiger partial charge in [0, 0.05) is 13.1 Å². The predicted molar refractivity (Wildman–Crippen MR) is 90.5 cm³/mol. The van der Waals surface area contributed by atoms with Crippen LogP contribution < -0.4 is 5.32 Å². The smallest absolute Gasteiger partial charge is 0.324 e. The van der Waals surface area contributed by atoms with Crippen molar-refractivity contribution in [2.24, 2.45) is 0 Å². The summed E-state index contributed by atoms with van der Waals surface area (Å²) in [5, 5.41) is 10.8. The van der Waals surface area contributed by atoms with Gasteiger partial charge in [0.2, 0.25) is 0 Å². The lowest BCUT2D eigenvalue weighted by Crippen LogP contribution is -2.52. The number of ether oxygens (including phenoxy) is 1. The normalized spacial score (nSPS) is 20.4. The van der Waals surface area contributed by atoms with Crippen molar-refractivity contribution >= 4 is 11.9 Å². The fraction of sp³-hybridized carbons (Fsp3) is 0.412. The van der Waals surface area contributed by atoms with Crippen LogP contribution in [0.5, 0.6) is 0 Å². The number of nitrogens with one attached hydrogen (secondary N) is 1. The highest BCUT2D eigenvalue weighted by Gasteiger charge is 2.28. The molecule has 0 spiro atoms. The number of urea groups is 1. The van der Waals surface area contributed by atoms with E-state index in [-0.39, 0.29) is 17.9 Å². The largest absolute Gasteiger partial charge is 0.372 e. The Kier molecular flexibility index (Phi) is 4.80. The van der Waals surface area contributed by atoms with Crippen LogP contribution in [-0.4, -0.2) is 57.1 Å². The number of imide groups is 1. The molecule has 0 unspecified atom stereocenters. The summed E-state index contributed by atoms with van der Waals surface area (Å²) in [4.78, 5) is 27.7. The number of rotatable bonds is 2. The second-order valence-corrected chi connectivity index (χ2v) is 6.18. The molecule has 132 valence electrons. The van der Waals surface area contributed by atoms with Gasteiger partial charge in [0.15, 0.2) is 5.69 Å². The molecule has 3 amide bonds. The molecule has 2 atom stereocenters. The van der Waals surface area contributed by atoms with Gasteiger partial charge in [0.1, 0.15) is 0 Å². The van der Waals surface area contributed by atoms with Crippen molar-refractivity contribution in [3.63, 3.8) is 0 Å². The zero-order valence-electron chi connectivity index (χ0n) is 14.5. The minimum absolute atomic E-state index is 0.0645. The molecule has 8 heteroatoms. The summed E-state index contributed by atoms with van der Waals surface area (Å²) in [6.07, 6.45) is -0.129. The fourth-order valence-electron chi connectivity index (χ4n) is 2.84. The summed E-state index contributed by atoms with van der Waals surface area (Å²) in [6.45, 7) is 6.36.